The smallest absolute Gasteiger partial charge is 0.315 e. The average molecular weight is 2030 g/mol. The minimum Gasteiger partial charge on any atom is -0.363 e. The van der Waals surface area contributed by atoms with Gasteiger partial charge >= 0.3 is 18.1 Å². The van der Waals surface area contributed by atoms with Crippen LogP contribution < -0.4 is 64.2 Å². The highest BCUT2D eigenvalue weighted by atomic mass is 32.2. The molecule has 3 aliphatic carbocycles. The number of hydrogen-bond donors (Lipinski definition) is 12. The first-order valence-corrected chi connectivity index (χ1v) is 54.1. The Hall–Kier alpha value is -9.18. The Morgan fingerprint density at radius 1 is 0.393 bits per heavy atom. The summed E-state index contributed by atoms with van der Waals surface area (Å²) in [6.45, 7) is 59.0. The van der Waals surface area contributed by atoms with Crippen molar-refractivity contribution >= 4 is 119 Å². The third kappa shape index (κ3) is 28.7. The van der Waals surface area contributed by atoms with Crippen LogP contribution in [0.4, 0.5) is 14.4 Å². The van der Waals surface area contributed by atoms with Crippen molar-refractivity contribution in [2.75, 3.05) is 89.3 Å². The van der Waals surface area contributed by atoms with E-state index in [-0.39, 0.29) is 134 Å². The molecule has 6 aliphatic heterocycles. The van der Waals surface area contributed by atoms with Crippen LogP contribution in [0.25, 0.3) is 0 Å². The number of nitrogens with one attached hydrogen (secondary N) is 11. The molecule has 9 fully saturated rings. The van der Waals surface area contributed by atoms with Gasteiger partial charge in [-0.05, 0) is 129 Å². The second-order valence-electron chi connectivity index (χ2n) is 47.6. The van der Waals surface area contributed by atoms with Crippen molar-refractivity contribution in [3.63, 3.8) is 0 Å². The summed E-state index contributed by atoms with van der Waals surface area (Å²) >= 11 is 0. The summed E-state index contributed by atoms with van der Waals surface area (Å²) in [5.74, 6) is -5.91. The summed E-state index contributed by atoms with van der Waals surface area (Å²) < 4.78 is 79.6. The van der Waals surface area contributed by atoms with Gasteiger partial charge in [-0.25, -0.2) is 39.6 Å². The molecule has 0 spiro atoms. The number of Topliss-reactive ketones (excluding diaryl/α,β-unsaturated/α-hetero) is 3. The van der Waals surface area contributed by atoms with Gasteiger partial charge in [0.25, 0.3) is 17.7 Å². The molecule has 0 aromatic carbocycles. The van der Waals surface area contributed by atoms with Crippen LogP contribution in [-0.2, 0) is 87.6 Å². The lowest BCUT2D eigenvalue weighted by atomic mass is 9.85. The molecule has 3 saturated carbocycles. The zero-order chi connectivity index (χ0) is 106. The summed E-state index contributed by atoms with van der Waals surface area (Å²) in [6.07, 6.45) is 12.5. The maximum absolute atomic E-state index is 14.4. The number of likely N-dealkylation sites (tertiary alicyclic amines) is 3. The van der Waals surface area contributed by atoms with Gasteiger partial charge in [-0.15, -0.1) is 25.5 Å². The Morgan fingerprint density at radius 3 is 0.886 bits per heavy atom. The van der Waals surface area contributed by atoms with E-state index in [1.165, 1.54) is 39.8 Å². The maximum Gasteiger partial charge on any atom is 0.315 e. The standard InChI is InChI=1S/C34H58N6O7S.C34H54N6O7S.C30H52N6O7S/c1-11-15-22(26(41)29(43)35-16-12-2)36-28(42)25-24-21(34(24,9)10)19-40(25)30(44)27(33(6,7)8)38-31(45)37-23(32(3,4)5)20-39-17-13-14-18-48(39,46)47;1-11-13-15-22(26(41)29(43)35-16-12-2)36-28(42)25-24-21(34(24,9)10)19-40(25)30(44)27(33(6,7)8)38-31(45)37-23(32(3,4)5)20-39-17-14-18-48(39,46)47;1-10-12-18(22(37)24(31)38)32-25(39)21-20-17(30(20,8)9)15-36(21)26(40)23(29(5,6)7)34-27(41)33-19(28(2,3)4)16-35-13-11-14-44(35,42)43/h12,21-25,27H,2,11,13-20H2,1,3-10H3,(H,35,43)(H,36,42)(H2,37,38,45);1,12,21-25,27H,2,13-20H2,3-10H3,(H,35,43)(H,36,42)(H2,37,38,45);17-21,23H,10-16H2,1-9H3,(H2,31,38)(H,32,39)(H2,33,34,41)/t2*21-,22?,23+,24-,25-,27+;17-,18?,19+,20-,21-,23+/m000/s1. The molecule has 0 aromatic rings. The van der Waals surface area contributed by atoms with Gasteiger partial charge in [0.2, 0.25) is 82.9 Å². The number of ketones is 3. The first-order valence-electron chi connectivity index (χ1n) is 49.3. The Balaban J connectivity index is 0.000000286. The molecule has 3 unspecified atom stereocenters. The fraction of sp³-hybridized carbons (Fsp3) is 0.786. The Morgan fingerprint density at radius 2 is 0.657 bits per heavy atom. The van der Waals surface area contributed by atoms with E-state index < -0.39 is 224 Å². The topological polar surface area (TPSA) is 536 Å². The van der Waals surface area contributed by atoms with Gasteiger partial charge in [-0.2, -0.15) is 12.9 Å². The molecule has 6 heterocycles. The molecule has 0 aromatic heterocycles. The lowest BCUT2D eigenvalue weighted by Crippen LogP contribution is -2.63. The third-order valence-electron chi connectivity index (χ3n) is 29.7. The molecule has 0 bridgehead atoms. The highest BCUT2D eigenvalue weighted by molar-refractivity contribution is 7.89. The SMILES string of the molecule is C#CCCC(NC(=O)[C@@H]1[C@@H]2[C@H](CN1C(=O)[C@@H](NC(=O)N[C@H](CN1CCCS1(=O)=O)C(C)(C)C)C(C)(C)C)C2(C)C)C(=O)C(=O)NCC=C.C=CCNC(=O)C(=O)C(CCC)NC(=O)[C@@H]1[C@@H]2[C@H](CN1C(=O)[C@@H](NC(=O)N[C@H](CN1CCCCS1(=O)=O)C(C)(C)C)C(C)(C)C)C2(C)C.CCCC(NC(=O)[C@@H]1[C@@H]2[C@H](CN1C(=O)[C@@H](NC(=O)N[C@H](CN1CCCS1(=O)=O)C(C)(C)C)C(C)(C)C)C2(C)C)C(=O)C(N)=O. The van der Waals surface area contributed by atoms with Gasteiger partial charge in [-0.3, -0.25) is 57.5 Å². The van der Waals surface area contributed by atoms with E-state index in [0.29, 0.717) is 64.8 Å². The molecule has 15 amide bonds. The van der Waals surface area contributed by atoms with Gasteiger partial charge in [0, 0.05) is 96.5 Å². The first kappa shape index (κ1) is 118. The number of primary amides is 1. The van der Waals surface area contributed by atoms with Crippen LogP contribution >= 0.6 is 0 Å². The van der Waals surface area contributed by atoms with Crippen molar-refractivity contribution in [1.82, 2.24) is 86.1 Å². The van der Waals surface area contributed by atoms with Gasteiger partial charge in [0.05, 0.1) is 35.4 Å². The summed E-state index contributed by atoms with van der Waals surface area (Å²) in [7, 11) is -10.2. The third-order valence-corrected chi connectivity index (χ3v) is 35.4. The van der Waals surface area contributed by atoms with Crippen LogP contribution in [0, 0.1) is 96.6 Å². The van der Waals surface area contributed by atoms with E-state index in [2.05, 4.69) is 77.6 Å². The molecular formula is C98H164N18O21S3. The molecule has 9 aliphatic rings. The molecule has 9 rings (SSSR count). The number of carbonyl (C=O) groups is 15. The van der Waals surface area contributed by atoms with E-state index in [1.807, 2.05) is 159 Å². The van der Waals surface area contributed by atoms with Crippen LogP contribution in [0.15, 0.2) is 25.3 Å². The van der Waals surface area contributed by atoms with Crippen LogP contribution in [0.1, 0.15) is 244 Å². The Bertz CT molecular complexity index is 5050. The summed E-state index contributed by atoms with van der Waals surface area (Å²) in [5, 5.41) is 30.4. The second kappa shape index (κ2) is 45.4. The van der Waals surface area contributed by atoms with Crippen molar-refractivity contribution in [2.24, 2.45) is 90.0 Å². The number of fused-ring (bicyclic) bond motifs is 3. The van der Waals surface area contributed by atoms with Crippen LogP contribution in [0.5, 0.6) is 0 Å². The van der Waals surface area contributed by atoms with Crippen LogP contribution in [0.3, 0.4) is 0 Å². The minimum atomic E-state index is -3.42. The molecule has 6 saturated heterocycles. The maximum atomic E-state index is 14.4. The number of nitrogens with zero attached hydrogens (tertiary/aromatic N) is 6. The monoisotopic (exact) mass is 2030 g/mol. The predicted octanol–water partition coefficient (Wildman–Crippen LogP) is 4.56. The number of hydrogen-bond acceptors (Lipinski definition) is 21. The molecular weight excluding hydrogens is 1860 g/mol. The van der Waals surface area contributed by atoms with Gasteiger partial charge in [0.1, 0.15) is 36.3 Å². The zero-order valence-corrected chi connectivity index (χ0v) is 90.0. The van der Waals surface area contributed by atoms with E-state index in [4.69, 9.17) is 12.2 Å². The van der Waals surface area contributed by atoms with Crippen molar-refractivity contribution in [3.05, 3.63) is 25.3 Å². The molecule has 790 valence electrons. The molecule has 39 nitrogen and oxygen atoms in total. The zero-order valence-electron chi connectivity index (χ0n) is 87.6. The number of sulfonamides is 3. The fourth-order valence-electron chi connectivity index (χ4n) is 20.3. The first-order chi connectivity index (χ1) is 64.2. The van der Waals surface area contributed by atoms with Crippen LogP contribution in [0.2, 0.25) is 0 Å². The lowest BCUT2D eigenvalue weighted by molar-refractivity contribution is -0.145. The fourth-order valence-corrected chi connectivity index (χ4v) is 25.0. The van der Waals surface area contributed by atoms with Crippen molar-refractivity contribution in [1.29, 1.82) is 0 Å². The summed E-state index contributed by atoms with van der Waals surface area (Å²) in [4.78, 5) is 204. The predicted molar refractivity (Wildman–Crippen MR) is 532 cm³/mol. The van der Waals surface area contributed by atoms with Crippen molar-refractivity contribution in [2.45, 2.75) is 317 Å². The summed E-state index contributed by atoms with van der Waals surface area (Å²) in [5.41, 5.74) is 0.806. The molecule has 0 radical (unpaired) electrons. The average Bonchev–Trinajstić information content (AvgIpc) is 1.53. The number of terminal acetylenes is 1. The molecule has 140 heavy (non-hydrogen) atoms. The largest absolute Gasteiger partial charge is 0.363 e. The molecule has 18 atom stereocenters. The van der Waals surface area contributed by atoms with Crippen molar-refractivity contribution < 1.29 is 97.2 Å². The number of urea groups is 3. The molecule has 13 N–H and O–H groups in total. The van der Waals surface area contributed by atoms with E-state index in [9.17, 15) is 97.2 Å². The Kier molecular flexibility index (Phi) is 38.2. The normalized spacial score (nSPS) is 25.3. The van der Waals surface area contributed by atoms with Gasteiger partial charge in [-0.1, -0.05) is 205 Å². The highest BCUT2D eigenvalue weighted by Crippen LogP contribution is 2.67. The van der Waals surface area contributed by atoms with E-state index in [0.717, 1.165) is 6.42 Å². The molecule has 42 heteroatoms. The van der Waals surface area contributed by atoms with E-state index >= 15 is 0 Å². The number of nitrogens with two attached hydrogens (primary N) is 1. The quantitative estimate of drug-likeness (QED) is 0.0230. The highest BCUT2D eigenvalue weighted by Gasteiger charge is 2.73. The number of piperidine rings is 3. The number of amides is 15. The second-order valence-corrected chi connectivity index (χ2v) is 53.8. The summed E-state index contributed by atoms with van der Waals surface area (Å²) in [6, 6.07) is -12.6. The van der Waals surface area contributed by atoms with Gasteiger partial charge < -0.3 is 78.9 Å². The lowest BCUT2D eigenvalue weighted by Gasteiger charge is -2.39. The van der Waals surface area contributed by atoms with Gasteiger partial charge in [0.15, 0.2) is 0 Å². The minimum absolute atomic E-state index is 0.0232. The number of carbonyl (C=O) groups excluding carboxylic acids is 15. The number of rotatable bonds is 37. The van der Waals surface area contributed by atoms with Crippen LogP contribution in [-0.4, -0.2) is 303 Å². The Labute approximate surface area is 830 Å². The van der Waals surface area contributed by atoms with E-state index in [1.54, 1.807) is 20.8 Å². The van der Waals surface area contributed by atoms with Crippen molar-refractivity contribution in [3.8, 4) is 12.3 Å².